The van der Waals surface area contributed by atoms with Gasteiger partial charge in [0.2, 0.25) is 0 Å². The first-order chi connectivity index (χ1) is 16.1. The monoisotopic (exact) mass is 451 g/mol. The molecule has 1 N–H and O–H groups in total. The number of hydrogen-bond acceptors (Lipinski definition) is 7. The predicted octanol–water partition coefficient (Wildman–Crippen LogP) is 2.50. The van der Waals surface area contributed by atoms with Crippen LogP contribution < -0.4 is 10.3 Å². The number of morpholine rings is 1. The highest BCUT2D eigenvalue weighted by molar-refractivity contribution is 5.88. The molecule has 2 aromatic carbocycles. The van der Waals surface area contributed by atoms with Crippen molar-refractivity contribution in [2.45, 2.75) is 0 Å². The van der Waals surface area contributed by atoms with Gasteiger partial charge >= 0.3 is 0 Å². The lowest BCUT2D eigenvalue weighted by Crippen LogP contribution is -2.37. The normalized spacial score (nSPS) is 14.6. The van der Waals surface area contributed by atoms with E-state index in [9.17, 15) is 14.9 Å². The Labute approximate surface area is 190 Å². The maximum atomic E-state index is 13.3. The molecule has 1 fully saturated rings. The fourth-order valence-corrected chi connectivity index (χ4v) is 3.63. The summed E-state index contributed by atoms with van der Waals surface area (Å²) in [5.74, 6) is 0.705. The first-order valence-electron chi connectivity index (χ1n) is 10.6. The van der Waals surface area contributed by atoms with Crippen LogP contribution in [0.2, 0.25) is 0 Å². The van der Waals surface area contributed by atoms with Crippen LogP contribution in [0.1, 0.15) is 5.56 Å². The highest BCUT2D eigenvalue weighted by Gasteiger charge is 2.17. The summed E-state index contributed by atoms with van der Waals surface area (Å²) in [6, 6.07) is 13.1. The molecule has 0 saturated carbocycles. The van der Waals surface area contributed by atoms with E-state index in [1.807, 2.05) is 24.3 Å². The molecule has 0 spiro atoms. The number of aromatic amines is 1. The number of nitro groups is 1. The van der Waals surface area contributed by atoms with E-state index in [1.165, 1.54) is 28.9 Å². The quantitative estimate of drug-likeness (QED) is 0.320. The van der Waals surface area contributed by atoms with Gasteiger partial charge in [0.05, 0.1) is 48.7 Å². The Morgan fingerprint density at radius 3 is 2.48 bits per heavy atom. The number of nitro benzene ring substituents is 1. The Balaban J connectivity index is 1.65. The Hall–Kier alpha value is -3.76. The summed E-state index contributed by atoms with van der Waals surface area (Å²) < 4.78 is 12.0. The van der Waals surface area contributed by atoms with Gasteiger partial charge in [-0.15, -0.1) is 0 Å². The van der Waals surface area contributed by atoms with Crippen LogP contribution in [0.5, 0.6) is 5.75 Å². The topological polar surface area (TPSA) is 115 Å². The summed E-state index contributed by atoms with van der Waals surface area (Å²) in [5.41, 5.74) is 1.98. The number of nitrogens with one attached hydrogen (secondary N) is 1. The number of rotatable bonds is 8. The van der Waals surface area contributed by atoms with E-state index in [-0.39, 0.29) is 11.2 Å². The average molecular weight is 451 g/mol. The molecular weight excluding hydrogens is 426 g/mol. The van der Waals surface area contributed by atoms with E-state index in [2.05, 4.69) is 15.0 Å². The van der Waals surface area contributed by atoms with Gasteiger partial charge in [0, 0.05) is 43.5 Å². The van der Waals surface area contributed by atoms with Gasteiger partial charge in [-0.3, -0.25) is 29.9 Å². The zero-order chi connectivity index (χ0) is 23.2. The molecule has 0 bridgehead atoms. The summed E-state index contributed by atoms with van der Waals surface area (Å²) in [6.07, 6.45) is 1.60. The number of hydrogen-bond donors (Lipinski definition) is 1. The zero-order valence-electron chi connectivity index (χ0n) is 18.3. The Morgan fingerprint density at radius 1 is 1.15 bits per heavy atom. The van der Waals surface area contributed by atoms with Gasteiger partial charge in [-0.2, -0.15) is 0 Å². The number of H-pyrrole nitrogens is 1. The second-order valence-corrected chi connectivity index (χ2v) is 7.53. The molecule has 172 valence electrons. The highest BCUT2D eigenvalue weighted by Crippen LogP contribution is 2.23. The highest BCUT2D eigenvalue weighted by atomic mass is 16.6. The van der Waals surface area contributed by atoms with Crippen LogP contribution in [0, 0.1) is 10.1 Å². The van der Waals surface area contributed by atoms with Gasteiger partial charge < -0.3 is 9.47 Å². The van der Waals surface area contributed by atoms with Crippen LogP contribution in [0.15, 0.2) is 58.3 Å². The third kappa shape index (κ3) is 5.18. The molecule has 1 aliphatic heterocycles. The van der Waals surface area contributed by atoms with Crippen molar-refractivity contribution in [1.82, 2.24) is 14.7 Å². The minimum Gasteiger partial charge on any atom is -0.497 e. The molecule has 4 rings (SSSR count). The van der Waals surface area contributed by atoms with E-state index in [1.54, 1.807) is 13.3 Å². The second-order valence-electron chi connectivity index (χ2n) is 7.53. The van der Waals surface area contributed by atoms with Crippen molar-refractivity contribution in [3.05, 3.63) is 74.6 Å². The zero-order valence-corrected chi connectivity index (χ0v) is 18.3. The third-order valence-electron chi connectivity index (χ3n) is 5.49. The predicted molar refractivity (Wildman–Crippen MR) is 125 cm³/mol. The van der Waals surface area contributed by atoms with E-state index in [0.29, 0.717) is 29.2 Å². The average Bonchev–Trinajstić information content (AvgIpc) is 3.18. The fraction of sp³-hybridized carbons (Fsp3) is 0.304. The largest absolute Gasteiger partial charge is 0.497 e. The van der Waals surface area contributed by atoms with Crippen LogP contribution in [0.4, 0.5) is 5.69 Å². The minimum absolute atomic E-state index is 0.0429. The maximum Gasteiger partial charge on any atom is 0.280 e. The molecule has 0 unspecified atom stereocenters. The molecule has 2 heterocycles. The number of aliphatic imine (C=N–C) groups is 1. The van der Waals surface area contributed by atoms with Gasteiger partial charge in [0.25, 0.3) is 11.2 Å². The summed E-state index contributed by atoms with van der Waals surface area (Å²) in [6.45, 7) is 4.56. The van der Waals surface area contributed by atoms with Gasteiger partial charge in [-0.05, 0) is 36.4 Å². The van der Waals surface area contributed by atoms with E-state index in [0.717, 1.165) is 38.4 Å². The van der Waals surface area contributed by atoms with E-state index < -0.39 is 4.92 Å². The lowest BCUT2D eigenvalue weighted by Gasteiger charge is -2.25. The van der Waals surface area contributed by atoms with Crippen LogP contribution in [-0.4, -0.2) is 72.3 Å². The molecule has 0 radical (unpaired) electrons. The van der Waals surface area contributed by atoms with Crippen LogP contribution >= 0.6 is 0 Å². The molecule has 1 aliphatic rings. The number of ether oxygens (including phenoxy) is 2. The SMILES string of the molecule is COc1ccc(-c2[nH]n(-c3ccc([N+](=O)[O-])cc3)c(=O)c2C=NCCN2CCOCC2)cc1. The first kappa shape index (κ1) is 22.4. The standard InChI is InChI=1S/C23H25N5O5/c1-32-20-8-2-17(3-9-20)22-21(16-24-10-11-26-12-14-33-15-13-26)23(29)27(25-22)18-4-6-19(7-5-18)28(30)31/h2-9,16,25H,10-15H2,1H3. The Morgan fingerprint density at radius 2 is 1.85 bits per heavy atom. The minimum atomic E-state index is -0.476. The second kappa shape index (κ2) is 10.2. The van der Waals surface area contributed by atoms with E-state index in [4.69, 9.17) is 9.47 Å². The summed E-state index contributed by atoms with van der Waals surface area (Å²) in [5, 5.41) is 14.1. The summed E-state index contributed by atoms with van der Waals surface area (Å²) in [7, 11) is 1.59. The molecule has 10 nitrogen and oxygen atoms in total. The Bertz CT molecular complexity index is 1180. The van der Waals surface area contributed by atoms with E-state index >= 15 is 0 Å². The van der Waals surface area contributed by atoms with Crippen LogP contribution in [0.3, 0.4) is 0 Å². The number of non-ortho nitro benzene ring substituents is 1. The van der Waals surface area contributed by atoms with Gasteiger partial charge in [0.15, 0.2) is 0 Å². The molecular formula is C23H25N5O5. The molecule has 0 aliphatic carbocycles. The summed E-state index contributed by atoms with van der Waals surface area (Å²) >= 11 is 0. The lowest BCUT2D eigenvalue weighted by atomic mass is 10.1. The van der Waals surface area contributed by atoms with Gasteiger partial charge in [0.1, 0.15) is 5.75 Å². The molecule has 1 saturated heterocycles. The molecule has 3 aromatic rings. The van der Waals surface area contributed by atoms with Gasteiger partial charge in [-0.25, -0.2) is 4.68 Å². The number of benzene rings is 2. The van der Waals surface area contributed by atoms with Crippen molar-refractivity contribution in [2.24, 2.45) is 4.99 Å². The number of methoxy groups -OCH3 is 1. The first-order valence-corrected chi connectivity index (χ1v) is 10.6. The summed E-state index contributed by atoms with van der Waals surface area (Å²) in [4.78, 5) is 30.5. The van der Waals surface area contributed by atoms with Crippen molar-refractivity contribution < 1.29 is 14.4 Å². The molecule has 0 amide bonds. The molecule has 10 heteroatoms. The van der Waals surface area contributed by atoms with Crippen molar-refractivity contribution >= 4 is 11.9 Å². The van der Waals surface area contributed by atoms with Gasteiger partial charge in [-0.1, -0.05) is 0 Å². The van der Waals surface area contributed by atoms with Crippen LogP contribution in [-0.2, 0) is 4.74 Å². The van der Waals surface area contributed by atoms with Crippen molar-refractivity contribution in [3.63, 3.8) is 0 Å². The maximum absolute atomic E-state index is 13.3. The van der Waals surface area contributed by atoms with Crippen molar-refractivity contribution in [2.75, 3.05) is 46.5 Å². The smallest absolute Gasteiger partial charge is 0.280 e. The lowest BCUT2D eigenvalue weighted by molar-refractivity contribution is -0.384. The molecule has 33 heavy (non-hydrogen) atoms. The third-order valence-corrected chi connectivity index (χ3v) is 5.49. The van der Waals surface area contributed by atoms with Crippen molar-refractivity contribution in [3.8, 4) is 22.7 Å². The Kier molecular flexibility index (Phi) is 6.96. The fourth-order valence-electron chi connectivity index (χ4n) is 3.63. The molecule has 0 atom stereocenters. The number of aromatic nitrogens is 2. The van der Waals surface area contributed by atoms with Crippen LogP contribution in [0.25, 0.3) is 16.9 Å². The molecule has 1 aromatic heterocycles. The number of nitrogens with zero attached hydrogens (tertiary/aromatic N) is 4. The van der Waals surface area contributed by atoms with Crippen molar-refractivity contribution in [1.29, 1.82) is 0 Å².